The fourth-order valence-corrected chi connectivity index (χ4v) is 2.91. The predicted molar refractivity (Wildman–Crippen MR) is 87.3 cm³/mol. The van der Waals surface area contributed by atoms with Crippen molar-refractivity contribution in [2.24, 2.45) is 0 Å². The second kappa shape index (κ2) is 6.89. The molecule has 1 aromatic heterocycles. The monoisotopic (exact) mass is 333 g/mol. The summed E-state index contributed by atoms with van der Waals surface area (Å²) in [5.41, 5.74) is 1.22. The summed E-state index contributed by atoms with van der Waals surface area (Å²) in [5, 5.41) is 0. The molecule has 0 bridgehead atoms. The van der Waals surface area contributed by atoms with Crippen LogP contribution >= 0.6 is 0 Å². The van der Waals surface area contributed by atoms with E-state index in [4.69, 9.17) is 0 Å². The lowest BCUT2D eigenvalue weighted by Gasteiger charge is -2.17. The van der Waals surface area contributed by atoms with Gasteiger partial charge in [-0.2, -0.15) is 0 Å². The molecule has 0 unspecified atom stereocenters. The van der Waals surface area contributed by atoms with E-state index in [1.807, 2.05) is 18.2 Å². The molecule has 0 aliphatic rings. The van der Waals surface area contributed by atoms with Crippen LogP contribution in [0.5, 0.6) is 0 Å². The van der Waals surface area contributed by atoms with Gasteiger partial charge in [0.1, 0.15) is 0 Å². The van der Waals surface area contributed by atoms with E-state index in [0.29, 0.717) is 12.1 Å². The highest BCUT2D eigenvalue weighted by Gasteiger charge is 2.18. The minimum atomic E-state index is -3.49. The Balaban J connectivity index is 2.14. The number of carbonyl (C=O) groups excluding carboxylic acids is 1. The number of benzene rings is 1. The molecule has 0 saturated heterocycles. The molecule has 1 amide bonds. The van der Waals surface area contributed by atoms with E-state index in [0.717, 1.165) is 10.00 Å². The fourth-order valence-electron chi connectivity index (χ4n) is 2.01. The minimum Gasteiger partial charge on any atom is -0.336 e. The molecule has 6 nitrogen and oxygen atoms in total. The molecule has 0 aliphatic heterocycles. The summed E-state index contributed by atoms with van der Waals surface area (Å²) >= 11 is 0. The number of carbonyl (C=O) groups is 1. The summed E-state index contributed by atoms with van der Waals surface area (Å²) in [6.45, 7) is 0.386. The Morgan fingerprint density at radius 2 is 1.70 bits per heavy atom. The van der Waals surface area contributed by atoms with Crippen LogP contribution in [0.25, 0.3) is 0 Å². The van der Waals surface area contributed by atoms with Crippen LogP contribution in [0.3, 0.4) is 0 Å². The molecule has 0 N–H and O–H groups in total. The molecular weight excluding hydrogens is 314 g/mol. The maximum atomic E-state index is 12.4. The summed E-state index contributed by atoms with van der Waals surface area (Å²) in [7, 11) is 1.13. The first-order valence-electron chi connectivity index (χ1n) is 7.00. The van der Waals surface area contributed by atoms with Gasteiger partial charge in [0.15, 0.2) is 0 Å². The van der Waals surface area contributed by atoms with E-state index in [9.17, 15) is 13.2 Å². The molecule has 0 radical (unpaired) electrons. The van der Waals surface area contributed by atoms with Gasteiger partial charge < -0.3 is 4.90 Å². The van der Waals surface area contributed by atoms with E-state index < -0.39 is 10.0 Å². The molecule has 0 aliphatic carbocycles. The van der Waals surface area contributed by atoms with Crippen molar-refractivity contribution < 1.29 is 13.2 Å². The number of hydrogen-bond acceptors (Lipinski definition) is 4. The zero-order chi connectivity index (χ0) is 17.0. The number of amides is 1. The lowest BCUT2D eigenvalue weighted by molar-refractivity contribution is 0.0783. The zero-order valence-corrected chi connectivity index (χ0v) is 14.1. The van der Waals surface area contributed by atoms with Crippen molar-refractivity contribution in [2.45, 2.75) is 11.4 Å². The maximum Gasteiger partial charge on any atom is 0.253 e. The summed E-state index contributed by atoms with van der Waals surface area (Å²) in [4.78, 5) is 18.3. The number of aromatic nitrogens is 1. The zero-order valence-electron chi connectivity index (χ0n) is 13.3. The Morgan fingerprint density at radius 3 is 2.22 bits per heavy atom. The summed E-state index contributed by atoms with van der Waals surface area (Å²) in [5.74, 6) is -0.190. The average molecular weight is 333 g/mol. The average Bonchev–Trinajstić information content (AvgIpc) is 2.55. The first-order chi connectivity index (χ1) is 10.8. The molecule has 1 aromatic carbocycles. The van der Waals surface area contributed by atoms with Crippen LogP contribution < -0.4 is 0 Å². The van der Waals surface area contributed by atoms with Crippen LogP contribution in [0.15, 0.2) is 53.6 Å². The lowest BCUT2D eigenvalue weighted by atomic mass is 10.2. The topological polar surface area (TPSA) is 70.6 Å². The molecule has 0 spiro atoms. The Labute approximate surface area is 136 Å². The van der Waals surface area contributed by atoms with Crippen LogP contribution in [-0.2, 0) is 16.6 Å². The quantitative estimate of drug-likeness (QED) is 0.833. The highest BCUT2D eigenvalue weighted by molar-refractivity contribution is 7.89. The molecule has 7 heteroatoms. The van der Waals surface area contributed by atoms with Gasteiger partial charge in [-0.15, -0.1) is 0 Å². The molecule has 0 atom stereocenters. The van der Waals surface area contributed by atoms with Crippen LogP contribution in [-0.4, -0.2) is 49.7 Å². The second-order valence-corrected chi connectivity index (χ2v) is 7.45. The van der Waals surface area contributed by atoms with Crippen molar-refractivity contribution in [3.05, 3.63) is 59.9 Å². The number of pyridine rings is 1. The van der Waals surface area contributed by atoms with Crippen LogP contribution in [0, 0.1) is 0 Å². The van der Waals surface area contributed by atoms with Crippen molar-refractivity contribution >= 4 is 15.9 Å². The number of nitrogens with zero attached hydrogens (tertiary/aromatic N) is 3. The van der Waals surface area contributed by atoms with Crippen LogP contribution in [0.4, 0.5) is 0 Å². The van der Waals surface area contributed by atoms with Gasteiger partial charge in [-0.3, -0.25) is 9.78 Å². The summed E-state index contributed by atoms with van der Waals surface area (Å²) in [6, 6.07) is 11.4. The molecule has 1 heterocycles. The van der Waals surface area contributed by atoms with Gasteiger partial charge in [0.25, 0.3) is 5.91 Å². The van der Waals surface area contributed by atoms with E-state index in [1.165, 1.54) is 43.3 Å². The first kappa shape index (κ1) is 17.1. The van der Waals surface area contributed by atoms with Gasteiger partial charge in [0, 0.05) is 32.9 Å². The van der Waals surface area contributed by atoms with Gasteiger partial charge in [-0.1, -0.05) is 6.07 Å². The molecule has 0 saturated carbocycles. The molecule has 122 valence electrons. The number of rotatable bonds is 5. The van der Waals surface area contributed by atoms with Crippen molar-refractivity contribution in [1.82, 2.24) is 14.2 Å². The third-order valence-electron chi connectivity index (χ3n) is 3.35. The van der Waals surface area contributed by atoms with E-state index in [1.54, 1.807) is 13.2 Å². The molecule has 2 rings (SSSR count). The van der Waals surface area contributed by atoms with Crippen molar-refractivity contribution in [3.63, 3.8) is 0 Å². The lowest BCUT2D eigenvalue weighted by Crippen LogP contribution is -2.27. The van der Waals surface area contributed by atoms with Gasteiger partial charge in [-0.25, -0.2) is 12.7 Å². The largest absolute Gasteiger partial charge is 0.336 e. The predicted octanol–water partition coefficient (Wildman–Crippen LogP) is 1.60. The van der Waals surface area contributed by atoms with Crippen LogP contribution in [0.1, 0.15) is 16.1 Å². The Hall–Kier alpha value is -2.25. The standard InChI is InChI=1S/C16H19N3O3S/c1-18(2)23(21,22)15-9-7-13(8-10-15)16(20)19(3)12-14-6-4-5-11-17-14/h4-11H,12H2,1-3H3. The SMILES string of the molecule is CN(Cc1ccccn1)C(=O)c1ccc(S(=O)(=O)N(C)C)cc1. The second-order valence-electron chi connectivity index (χ2n) is 5.29. The molecular formula is C16H19N3O3S. The molecule has 23 heavy (non-hydrogen) atoms. The number of hydrogen-bond donors (Lipinski definition) is 0. The van der Waals surface area contributed by atoms with Gasteiger partial charge >= 0.3 is 0 Å². The Bertz CT molecular complexity index is 772. The highest BCUT2D eigenvalue weighted by atomic mass is 32.2. The van der Waals surface area contributed by atoms with Crippen molar-refractivity contribution in [3.8, 4) is 0 Å². The molecule has 0 fully saturated rings. The minimum absolute atomic E-state index is 0.159. The van der Waals surface area contributed by atoms with E-state index in [-0.39, 0.29) is 10.8 Å². The van der Waals surface area contributed by atoms with Gasteiger partial charge in [-0.05, 0) is 36.4 Å². The third kappa shape index (κ3) is 3.94. The summed E-state index contributed by atoms with van der Waals surface area (Å²) < 4.78 is 25.2. The van der Waals surface area contributed by atoms with E-state index >= 15 is 0 Å². The van der Waals surface area contributed by atoms with Gasteiger partial charge in [0.2, 0.25) is 10.0 Å². The molecule has 2 aromatic rings. The van der Waals surface area contributed by atoms with E-state index in [2.05, 4.69) is 4.98 Å². The van der Waals surface area contributed by atoms with Gasteiger partial charge in [0.05, 0.1) is 17.1 Å². The van der Waals surface area contributed by atoms with Crippen molar-refractivity contribution in [2.75, 3.05) is 21.1 Å². The highest BCUT2D eigenvalue weighted by Crippen LogP contribution is 2.15. The van der Waals surface area contributed by atoms with Crippen LogP contribution in [0.2, 0.25) is 0 Å². The Morgan fingerprint density at radius 1 is 1.04 bits per heavy atom. The normalized spacial score (nSPS) is 11.5. The summed E-state index contributed by atoms with van der Waals surface area (Å²) in [6.07, 6.45) is 1.68. The third-order valence-corrected chi connectivity index (χ3v) is 5.18. The Kier molecular flexibility index (Phi) is 5.12. The van der Waals surface area contributed by atoms with Crippen molar-refractivity contribution in [1.29, 1.82) is 0 Å². The maximum absolute atomic E-state index is 12.4. The number of sulfonamides is 1. The first-order valence-corrected chi connectivity index (χ1v) is 8.44. The fraction of sp³-hybridized carbons (Fsp3) is 0.250. The smallest absolute Gasteiger partial charge is 0.253 e.